The highest BCUT2D eigenvalue weighted by Crippen LogP contribution is 2.31. The van der Waals surface area contributed by atoms with Gasteiger partial charge < -0.3 is 37.2 Å². The van der Waals surface area contributed by atoms with Crippen LogP contribution in [0.5, 0.6) is 5.75 Å². The maximum Gasteiger partial charge on any atom is 0.277 e. The zero-order chi connectivity index (χ0) is 30.2. The molecule has 0 saturated carbocycles. The van der Waals surface area contributed by atoms with Crippen LogP contribution in [0.25, 0.3) is 16.9 Å². The second-order valence-corrected chi connectivity index (χ2v) is 11.5. The lowest BCUT2D eigenvalue weighted by molar-refractivity contribution is -0.862. The molecule has 5 rings (SSSR count). The summed E-state index contributed by atoms with van der Waals surface area (Å²) in [5, 5.41) is 6.28. The number of anilines is 2. The summed E-state index contributed by atoms with van der Waals surface area (Å²) in [7, 11) is 7.20. The Hall–Kier alpha value is -4.29. The van der Waals surface area contributed by atoms with Gasteiger partial charge in [0.05, 0.1) is 40.1 Å². The van der Waals surface area contributed by atoms with Crippen molar-refractivity contribution in [3.05, 3.63) is 71.7 Å². The van der Waals surface area contributed by atoms with E-state index in [1.165, 1.54) is 31.6 Å². The van der Waals surface area contributed by atoms with Crippen molar-refractivity contribution in [2.75, 3.05) is 53.2 Å². The van der Waals surface area contributed by atoms with Crippen molar-refractivity contribution in [1.29, 1.82) is 0 Å². The molecular formula is C30H34ClF2N7O3. The number of nitrogens with one attached hydrogen (secondary N) is 2. The molecule has 1 fully saturated rings. The fourth-order valence-electron chi connectivity index (χ4n) is 5.10. The van der Waals surface area contributed by atoms with E-state index in [2.05, 4.69) is 20.6 Å². The third kappa shape index (κ3) is 6.70. The molecule has 0 aliphatic carbocycles. The van der Waals surface area contributed by atoms with E-state index < -0.39 is 11.6 Å². The largest absolute Gasteiger partial charge is 1.00 e. The molecule has 2 amide bonds. The fraction of sp³-hybridized carbons (Fsp3) is 0.333. The van der Waals surface area contributed by atoms with Crippen LogP contribution >= 0.6 is 0 Å². The summed E-state index contributed by atoms with van der Waals surface area (Å²) < 4.78 is 36.2. The van der Waals surface area contributed by atoms with Gasteiger partial charge in [0.15, 0.2) is 29.6 Å². The van der Waals surface area contributed by atoms with Gasteiger partial charge in [-0.1, -0.05) is 0 Å². The minimum Gasteiger partial charge on any atom is -1.00 e. The molecule has 0 spiro atoms. The van der Waals surface area contributed by atoms with Crippen LogP contribution in [-0.2, 0) is 4.79 Å². The molecule has 0 radical (unpaired) electrons. The lowest BCUT2D eigenvalue weighted by Crippen LogP contribution is -3.00. The Balaban J connectivity index is 0.00000423. The van der Waals surface area contributed by atoms with Crippen molar-refractivity contribution in [3.63, 3.8) is 0 Å². The number of likely N-dealkylation sites (N-methyl/N-ethyl adjacent to an activating group) is 1. The molecule has 1 atom stereocenters. The molecule has 1 aliphatic rings. The van der Waals surface area contributed by atoms with Crippen molar-refractivity contribution in [2.24, 2.45) is 0 Å². The number of fused-ring (bicyclic) bond motifs is 1. The number of carbonyl (C=O) groups excluding carboxylic acids is 2. The Morgan fingerprint density at radius 1 is 1.12 bits per heavy atom. The summed E-state index contributed by atoms with van der Waals surface area (Å²) in [6.45, 7) is 3.38. The fourth-order valence-corrected chi connectivity index (χ4v) is 5.10. The highest BCUT2D eigenvalue weighted by Gasteiger charge is 2.30. The number of aryl methyl sites for hydroxylation is 1. The smallest absolute Gasteiger partial charge is 0.277 e. The minimum atomic E-state index is -1.07. The number of likely N-dealkylation sites (tertiary alicyclic amines) is 1. The van der Waals surface area contributed by atoms with Gasteiger partial charge in [-0.25, -0.2) is 14.4 Å². The van der Waals surface area contributed by atoms with Crippen LogP contribution in [-0.4, -0.2) is 89.5 Å². The number of methoxy groups -OCH3 is 1. The average Bonchev–Trinajstić information content (AvgIpc) is 3.57. The number of carbonyl (C=O) groups is 2. The summed E-state index contributed by atoms with van der Waals surface area (Å²) in [6, 6.07) is 8.02. The van der Waals surface area contributed by atoms with E-state index in [0.717, 1.165) is 5.56 Å². The third-order valence-corrected chi connectivity index (χ3v) is 7.19. The number of hydrogen-bond donors (Lipinski definition) is 2. The molecule has 3 heterocycles. The highest BCUT2D eigenvalue weighted by atomic mass is 35.5. The number of rotatable bonds is 8. The summed E-state index contributed by atoms with van der Waals surface area (Å²) in [5.74, 6) is -2.00. The SMILES string of the molecule is COc1ccc(-c2cnc3c(Nc4ccc(C(=O)NC5CCN(C(=O)C[N+](C)(C)C)C5)c(C)c4)nccn23)c(F)c1F.[Cl-]. The van der Waals surface area contributed by atoms with E-state index in [0.29, 0.717) is 58.9 Å². The first-order valence-corrected chi connectivity index (χ1v) is 13.6. The number of aromatic nitrogens is 3. The molecule has 2 N–H and O–H groups in total. The lowest BCUT2D eigenvalue weighted by Gasteiger charge is -2.26. The molecule has 1 aliphatic heterocycles. The van der Waals surface area contributed by atoms with E-state index in [-0.39, 0.29) is 41.6 Å². The predicted octanol–water partition coefficient (Wildman–Crippen LogP) is 0.776. The van der Waals surface area contributed by atoms with E-state index in [9.17, 15) is 18.4 Å². The maximum atomic E-state index is 14.8. The summed E-state index contributed by atoms with van der Waals surface area (Å²) in [4.78, 5) is 36.2. The van der Waals surface area contributed by atoms with Crippen LogP contribution in [0.3, 0.4) is 0 Å². The number of halogens is 3. The predicted molar refractivity (Wildman–Crippen MR) is 155 cm³/mol. The molecule has 13 heteroatoms. The van der Waals surface area contributed by atoms with Gasteiger partial charge in [0.2, 0.25) is 5.82 Å². The summed E-state index contributed by atoms with van der Waals surface area (Å²) in [6.07, 6.45) is 5.31. The van der Waals surface area contributed by atoms with E-state index in [4.69, 9.17) is 4.74 Å². The van der Waals surface area contributed by atoms with E-state index >= 15 is 0 Å². The van der Waals surface area contributed by atoms with Crippen LogP contribution in [0.15, 0.2) is 48.9 Å². The number of hydrogen-bond acceptors (Lipinski definition) is 6. The van der Waals surface area contributed by atoms with Gasteiger partial charge in [0.25, 0.3) is 11.8 Å². The van der Waals surface area contributed by atoms with Gasteiger partial charge in [-0.2, -0.15) is 4.39 Å². The zero-order valence-corrected chi connectivity index (χ0v) is 25.4. The van der Waals surface area contributed by atoms with Gasteiger partial charge in [-0.05, 0) is 49.2 Å². The maximum absolute atomic E-state index is 14.8. The Morgan fingerprint density at radius 2 is 1.88 bits per heavy atom. The van der Waals surface area contributed by atoms with E-state index in [1.54, 1.807) is 22.7 Å². The first kappa shape index (κ1) is 31.6. The van der Waals surface area contributed by atoms with Crippen molar-refractivity contribution < 1.29 is 40.0 Å². The van der Waals surface area contributed by atoms with Gasteiger partial charge in [0.1, 0.15) is 0 Å². The van der Waals surface area contributed by atoms with E-state index in [1.807, 2.05) is 39.0 Å². The molecule has 10 nitrogen and oxygen atoms in total. The molecule has 1 unspecified atom stereocenters. The monoisotopic (exact) mass is 613 g/mol. The second-order valence-electron chi connectivity index (χ2n) is 11.5. The summed E-state index contributed by atoms with van der Waals surface area (Å²) in [5.41, 5.74) is 2.75. The number of benzene rings is 2. The standard InChI is InChI=1S/C30H33F2N7O3.ClH/c1-18-14-19(6-7-21(18)30(41)36-20-10-12-37(16-20)25(40)17-39(2,3)4)35-28-29-34-15-23(38(29)13-11-33-28)22-8-9-24(42-5)27(32)26(22)31;/h6-9,11,13-15,20H,10,12,16-17H2,1-5H3,(H-,33,35,36,41);1H. The number of quaternary nitrogens is 1. The van der Waals surface area contributed by atoms with Crippen LogP contribution in [0, 0.1) is 18.6 Å². The first-order chi connectivity index (χ1) is 19.9. The third-order valence-electron chi connectivity index (χ3n) is 7.19. The number of nitrogens with zero attached hydrogens (tertiary/aromatic N) is 5. The Labute approximate surface area is 254 Å². The van der Waals surface area contributed by atoms with Crippen LogP contribution in [0.1, 0.15) is 22.3 Å². The molecule has 0 bridgehead atoms. The molecule has 2 aromatic carbocycles. The lowest BCUT2D eigenvalue weighted by atomic mass is 10.1. The molecular weight excluding hydrogens is 580 g/mol. The van der Waals surface area contributed by atoms with Crippen LogP contribution < -0.4 is 27.8 Å². The number of ether oxygens (including phenoxy) is 1. The van der Waals surface area contributed by atoms with Crippen molar-refractivity contribution >= 4 is 29.0 Å². The zero-order valence-electron chi connectivity index (χ0n) is 24.6. The van der Waals surface area contributed by atoms with Crippen LogP contribution in [0.4, 0.5) is 20.3 Å². The first-order valence-electron chi connectivity index (χ1n) is 13.6. The number of imidazole rings is 1. The minimum absolute atomic E-state index is 0. The van der Waals surface area contributed by atoms with Gasteiger partial charge in [-0.15, -0.1) is 0 Å². The molecule has 228 valence electrons. The Bertz CT molecular complexity index is 1670. The second kappa shape index (κ2) is 12.5. The van der Waals surface area contributed by atoms with Crippen LogP contribution in [0.2, 0.25) is 0 Å². The Morgan fingerprint density at radius 3 is 2.58 bits per heavy atom. The number of amides is 2. The quantitative estimate of drug-likeness (QED) is 0.285. The molecule has 43 heavy (non-hydrogen) atoms. The van der Waals surface area contributed by atoms with Gasteiger partial charge >= 0.3 is 0 Å². The van der Waals surface area contributed by atoms with Crippen molar-refractivity contribution in [1.82, 2.24) is 24.6 Å². The highest BCUT2D eigenvalue weighted by molar-refractivity contribution is 5.96. The normalized spacial score (nSPS) is 14.9. The molecule has 1 saturated heterocycles. The van der Waals surface area contributed by atoms with Gasteiger partial charge in [0, 0.05) is 48.3 Å². The molecule has 2 aromatic heterocycles. The Kier molecular flexibility index (Phi) is 9.21. The molecule has 4 aromatic rings. The van der Waals surface area contributed by atoms with Crippen molar-refractivity contribution in [2.45, 2.75) is 19.4 Å². The topological polar surface area (TPSA) is 101 Å². The van der Waals surface area contributed by atoms with Gasteiger partial charge in [-0.3, -0.25) is 14.0 Å². The summed E-state index contributed by atoms with van der Waals surface area (Å²) >= 11 is 0. The van der Waals surface area contributed by atoms with Crippen molar-refractivity contribution in [3.8, 4) is 17.0 Å². The average molecular weight is 614 g/mol.